The molecule has 0 rings (SSSR count). The topological polar surface area (TPSA) is 70.1 Å². The van der Waals surface area contributed by atoms with Gasteiger partial charge in [-0.05, 0) is 46.1 Å². The molecule has 0 unspecified atom stereocenters. The number of ether oxygens (including phenoxy) is 1. The number of rotatable bonds is 8. The maximum absolute atomic E-state index is 12.4. The fourth-order valence-corrected chi connectivity index (χ4v) is 2.81. The van der Waals surface area contributed by atoms with E-state index < -0.39 is 17.6 Å². The van der Waals surface area contributed by atoms with E-state index in [2.05, 4.69) is 13.8 Å². The molecule has 0 aliphatic heterocycles. The summed E-state index contributed by atoms with van der Waals surface area (Å²) in [6.45, 7) is 14.0. The number of nitrogens with zero attached hydrogens (tertiary/aromatic N) is 2. The number of carboxylic acid groups (broad SMARTS) is 1. The van der Waals surface area contributed by atoms with Crippen molar-refractivity contribution in [2.24, 2.45) is 11.8 Å². The third-order valence-electron chi connectivity index (χ3n) is 3.83. The minimum absolute atomic E-state index is 0.0148. The van der Waals surface area contributed by atoms with Crippen molar-refractivity contribution in [3.8, 4) is 0 Å². The van der Waals surface area contributed by atoms with E-state index in [-0.39, 0.29) is 18.1 Å². The maximum Gasteiger partial charge on any atom is 0.410 e. The van der Waals surface area contributed by atoms with Crippen LogP contribution in [-0.2, 0) is 9.53 Å². The number of hydrogen-bond donors (Lipinski definition) is 1. The average molecular weight is 344 g/mol. The molecule has 0 saturated heterocycles. The van der Waals surface area contributed by atoms with E-state index in [9.17, 15) is 14.7 Å². The Balaban J connectivity index is 5.19. The van der Waals surface area contributed by atoms with E-state index in [0.717, 1.165) is 6.42 Å². The fraction of sp³-hybridized carbons (Fsp3) is 0.889. The van der Waals surface area contributed by atoms with Gasteiger partial charge in [-0.2, -0.15) is 0 Å². The first-order valence-corrected chi connectivity index (χ1v) is 8.65. The fourth-order valence-electron chi connectivity index (χ4n) is 2.81. The minimum Gasteiger partial charge on any atom is -0.480 e. The Kier molecular flexibility index (Phi) is 8.75. The summed E-state index contributed by atoms with van der Waals surface area (Å²) < 4.78 is 5.45. The lowest BCUT2D eigenvalue weighted by molar-refractivity contribution is -0.144. The molecule has 0 aliphatic rings. The van der Waals surface area contributed by atoms with Crippen LogP contribution >= 0.6 is 0 Å². The first-order valence-electron chi connectivity index (χ1n) is 8.65. The van der Waals surface area contributed by atoms with Gasteiger partial charge in [0.2, 0.25) is 0 Å². The smallest absolute Gasteiger partial charge is 0.410 e. The molecule has 0 heterocycles. The molecular weight excluding hydrogens is 308 g/mol. The first-order chi connectivity index (χ1) is 10.8. The second-order valence-corrected chi connectivity index (χ2v) is 8.34. The molecule has 0 aromatic carbocycles. The Morgan fingerprint density at radius 3 is 1.92 bits per heavy atom. The molecule has 0 aliphatic carbocycles. The monoisotopic (exact) mass is 344 g/mol. The SMILES string of the molecule is CC(C)C[C@@H](CN(C)[C@H](C(=O)O)C(C)C)N(C)C(=O)OC(C)(C)C. The van der Waals surface area contributed by atoms with Gasteiger partial charge in [-0.25, -0.2) is 4.79 Å². The average Bonchev–Trinajstić information content (AvgIpc) is 2.33. The summed E-state index contributed by atoms with van der Waals surface area (Å²) in [5.41, 5.74) is -0.554. The van der Waals surface area contributed by atoms with Crippen LogP contribution in [0.3, 0.4) is 0 Å². The van der Waals surface area contributed by atoms with Crippen LogP contribution in [0.15, 0.2) is 0 Å². The van der Waals surface area contributed by atoms with Crippen molar-refractivity contribution in [2.75, 3.05) is 20.6 Å². The quantitative estimate of drug-likeness (QED) is 0.731. The maximum atomic E-state index is 12.4. The lowest BCUT2D eigenvalue weighted by Gasteiger charge is -2.36. The number of carboxylic acids is 1. The zero-order valence-electron chi connectivity index (χ0n) is 16.8. The molecule has 0 spiro atoms. The number of amides is 1. The number of carbonyl (C=O) groups is 2. The van der Waals surface area contributed by atoms with Crippen molar-refractivity contribution in [3.63, 3.8) is 0 Å². The van der Waals surface area contributed by atoms with Crippen molar-refractivity contribution >= 4 is 12.1 Å². The molecule has 0 saturated carbocycles. The summed E-state index contributed by atoms with van der Waals surface area (Å²) in [7, 11) is 3.52. The Morgan fingerprint density at radius 1 is 1.08 bits per heavy atom. The summed E-state index contributed by atoms with van der Waals surface area (Å²) in [6, 6.07) is -0.683. The lowest BCUT2D eigenvalue weighted by atomic mass is 9.99. The lowest BCUT2D eigenvalue weighted by Crippen LogP contribution is -2.51. The van der Waals surface area contributed by atoms with Gasteiger partial charge in [-0.1, -0.05) is 27.7 Å². The second kappa shape index (κ2) is 9.25. The molecule has 0 aromatic rings. The van der Waals surface area contributed by atoms with Crippen molar-refractivity contribution in [3.05, 3.63) is 0 Å². The molecule has 142 valence electrons. The molecule has 0 aromatic heterocycles. The van der Waals surface area contributed by atoms with E-state index in [0.29, 0.717) is 12.5 Å². The van der Waals surface area contributed by atoms with E-state index in [1.165, 1.54) is 0 Å². The third kappa shape index (κ3) is 7.99. The summed E-state index contributed by atoms with van der Waals surface area (Å²) >= 11 is 0. The summed E-state index contributed by atoms with van der Waals surface area (Å²) in [5.74, 6) is -0.467. The molecule has 1 amide bonds. The zero-order chi connectivity index (χ0) is 19.2. The molecular formula is C18H36N2O4. The van der Waals surface area contributed by atoms with Gasteiger partial charge in [0.05, 0.1) is 0 Å². The molecule has 0 radical (unpaired) electrons. The van der Waals surface area contributed by atoms with Crippen LogP contribution in [0.5, 0.6) is 0 Å². The summed E-state index contributed by atoms with van der Waals surface area (Å²) in [5, 5.41) is 9.46. The number of hydrogen-bond acceptors (Lipinski definition) is 4. The van der Waals surface area contributed by atoms with Crippen molar-refractivity contribution in [1.29, 1.82) is 0 Å². The zero-order valence-corrected chi connectivity index (χ0v) is 16.8. The highest BCUT2D eigenvalue weighted by molar-refractivity contribution is 5.73. The predicted molar refractivity (Wildman–Crippen MR) is 96.1 cm³/mol. The van der Waals surface area contributed by atoms with Gasteiger partial charge in [0.15, 0.2) is 0 Å². The molecule has 6 heteroatoms. The highest BCUT2D eigenvalue weighted by atomic mass is 16.6. The van der Waals surface area contributed by atoms with E-state index in [4.69, 9.17) is 4.74 Å². The highest BCUT2D eigenvalue weighted by Gasteiger charge is 2.31. The van der Waals surface area contributed by atoms with Crippen LogP contribution < -0.4 is 0 Å². The van der Waals surface area contributed by atoms with E-state index >= 15 is 0 Å². The van der Waals surface area contributed by atoms with Gasteiger partial charge in [0, 0.05) is 19.6 Å². The third-order valence-corrected chi connectivity index (χ3v) is 3.83. The molecule has 2 atom stereocenters. The first kappa shape index (κ1) is 22.7. The van der Waals surface area contributed by atoms with E-state index in [1.54, 1.807) is 19.0 Å². The Morgan fingerprint density at radius 2 is 1.58 bits per heavy atom. The minimum atomic E-state index is -0.837. The molecule has 0 fully saturated rings. The molecule has 6 nitrogen and oxygen atoms in total. The van der Waals surface area contributed by atoms with Gasteiger partial charge in [-0.15, -0.1) is 0 Å². The van der Waals surface area contributed by atoms with Crippen LogP contribution in [0.4, 0.5) is 4.79 Å². The van der Waals surface area contributed by atoms with Gasteiger partial charge in [0.1, 0.15) is 11.6 Å². The van der Waals surface area contributed by atoms with Crippen molar-refractivity contribution in [1.82, 2.24) is 9.80 Å². The van der Waals surface area contributed by atoms with Crippen molar-refractivity contribution in [2.45, 2.75) is 72.6 Å². The normalized spacial score (nSPS) is 14.8. The standard InChI is InChI=1S/C18H36N2O4/c1-12(2)10-14(20(9)17(23)24-18(5,6)7)11-19(8)15(13(3)4)16(21)22/h12-15H,10-11H2,1-9H3,(H,21,22)/t14-,15-/m0/s1. The van der Waals surface area contributed by atoms with Crippen LogP contribution in [0.2, 0.25) is 0 Å². The van der Waals surface area contributed by atoms with Crippen LogP contribution in [0, 0.1) is 11.8 Å². The predicted octanol–water partition coefficient (Wildman–Crippen LogP) is 3.31. The molecule has 1 N–H and O–H groups in total. The van der Waals surface area contributed by atoms with Gasteiger partial charge in [-0.3, -0.25) is 9.69 Å². The Labute approximate surface area is 147 Å². The number of carbonyl (C=O) groups excluding carboxylic acids is 1. The van der Waals surface area contributed by atoms with Crippen LogP contribution in [-0.4, -0.2) is 65.3 Å². The highest BCUT2D eigenvalue weighted by Crippen LogP contribution is 2.18. The molecule has 0 bridgehead atoms. The second-order valence-electron chi connectivity index (χ2n) is 8.34. The number of likely N-dealkylation sites (N-methyl/N-ethyl adjacent to an activating group) is 2. The van der Waals surface area contributed by atoms with Gasteiger partial charge in [0.25, 0.3) is 0 Å². The van der Waals surface area contributed by atoms with E-state index in [1.807, 2.05) is 39.5 Å². The van der Waals surface area contributed by atoms with Gasteiger partial charge < -0.3 is 14.7 Å². The molecule has 24 heavy (non-hydrogen) atoms. The van der Waals surface area contributed by atoms with Crippen LogP contribution in [0.1, 0.15) is 54.9 Å². The largest absolute Gasteiger partial charge is 0.480 e. The summed E-state index contributed by atoms with van der Waals surface area (Å²) in [6.07, 6.45) is 0.405. The summed E-state index contributed by atoms with van der Waals surface area (Å²) in [4.78, 5) is 27.3. The Hall–Kier alpha value is -1.30. The van der Waals surface area contributed by atoms with Crippen LogP contribution in [0.25, 0.3) is 0 Å². The Bertz CT molecular complexity index is 416. The number of aliphatic carboxylic acids is 1. The van der Waals surface area contributed by atoms with Crippen molar-refractivity contribution < 1.29 is 19.4 Å². The van der Waals surface area contributed by atoms with Gasteiger partial charge >= 0.3 is 12.1 Å².